The molecule has 1 fully saturated rings. The molecule has 1 aromatic rings. The van der Waals surface area contributed by atoms with Crippen LogP contribution in [0.3, 0.4) is 0 Å². The molecule has 4 heteroatoms. The van der Waals surface area contributed by atoms with Crippen LogP contribution in [0.4, 0.5) is 0 Å². The summed E-state index contributed by atoms with van der Waals surface area (Å²) in [5.41, 5.74) is 0.177. The molecule has 0 unspecified atom stereocenters. The summed E-state index contributed by atoms with van der Waals surface area (Å²) in [5, 5.41) is 13.4. The largest absolute Gasteiger partial charge is 0.481 e. The van der Waals surface area contributed by atoms with Crippen LogP contribution in [-0.2, 0) is 16.2 Å². The third kappa shape index (κ3) is 4.06. The van der Waals surface area contributed by atoms with Gasteiger partial charge in [-0.3, -0.25) is 4.79 Å². The minimum absolute atomic E-state index is 0.366. The molecule has 0 aromatic heterocycles. The Labute approximate surface area is 125 Å². The molecular weight excluding hydrogens is 266 g/mol. The van der Waals surface area contributed by atoms with Gasteiger partial charge in [0.05, 0.1) is 6.21 Å². The molecule has 0 spiro atoms. The number of rotatable bonds is 6. The van der Waals surface area contributed by atoms with Crippen molar-refractivity contribution in [2.45, 2.75) is 45.6 Å². The van der Waals surface area contributed by atoms with Crippen molar-refractivity contribution in [2.75, 3.05) is 0 Å². The van der Waals surface area contributed by atoms with Gasteiger partial charge in [0.1, 0.15) is 12.0 Å². The Morgan fingerprint density at radius 3 is 2.62 bits per heavy atom. The molecule has 0 amide bonds. The van der Waals surface area contributed by atoms with Crippen LogP contribution in [0.15, 0.2) is 35.5 Å². The van der Waals surface area contributed by atoms with Gasteiger partial charge in [-0.2, -0.15) is 0 Å². The molecule has 1 aromatic carbocycles. The summed E-state index contributed by atoms with van der Waals surface area (Å²) in [6.07, 6.45) is 5.83. The normalized spacial score (nSPS) is 25.9. The first-order chi connectivity index (χ1) is 10.2. The molecule has 21 heavy (non-hydrogen) atoms. The Bertz CT molecular complexity index is 476. The topological polar surface area (TPSA) is 58.9 Å². The van der Waals surface area contributed by atoms with Gasteiger partial charge in [0, 0.05) is 0 Å². The van der Waals surface area contributed by atoms with Gasteiger partial charge in [-0.15, -0.1) is 0 Å². The predicted octanol–water partition coefficient (Wildman–Crippen LogP) is 3.86. The average molecular weight is 289 g/mol. The molecule has 1 aliphatic rings. The molecular formula is C17H23NO3. The fourth-order valence-corrected chi connectivity index (χ4v) is 2.82. The van der Waals surface area contributed by atoms with Gasteiger partial charge >= 0.3 is 5.97 Å². The number of carboxylic acids is 1. The molecule has 114 valence electrons. The number of carbonyl (C=O) groups is 1. The number of benzene rings is 1. The van der Waals surface area contributed by atoms with Crippen LogP contribution < -0.4 is 0 Å². The van der Waals surface area contributed by atoms with Crippen LogP contribution in [-0.4, -0.2) is 17.3 Å². The standard InChI is InChI=1S/C17H23NO3/c1-2-14-8-10-17(11-9-14,16(19)20)13-18-21-12-15-6-4-3-5-7-15/h3-7,13-14H,2,8-12H2,1H3,(H,19,20). The first-order valence-electron chi connectivity index (χ1n) is 7.60. The highest BCUT2D eigenvalue weighted by molar-refractivity contribution is 5.93. The maximum absolute atomic E-state index is 11.6. The summed E-state index contributed by atoms with van der Waals surface area (Å²) >= 11 is 0. The lowest BCUT2D eigenvalue weighted by Crippen LogP contribution is -2.37. The van der Waals surface area contributed by atoms with E-state index in [2.05, 4.69) is 12.1 Å². The molecule has 0 heterocycles. The van der Waals surface area contributed by atoms with E-state index >= 15 is 0 Å². The van der Waals surface area contributed by atoms with Crippen molar-refractivity contribution in [1.29, 1.82) is 0 Å². The first-order valence-corrected chi connectivity index (χ1v) is 7.60. The second-order valence-electron chi connectivity index (χ2n) is 5.81. The minimum atomic E-state index is -0.845. The number of nitrogens with zero attached hydrogens (tertiary/aromatic N) is 1. The Morgan fingerprint density at radius 2 is 2.05 bits per heavy atom. The van der Waals surface area contributed by atoms with Gasteiger partial charge in [-0.25, -0.2) is 0 Å². The van der Waals surface area contributed by atoms with Crippen molar-refractivity contribution in [3.8, 4) is 0 Å². The zero-order chi connectivity index (χ0) is 15.1. The van der Waals surface area contributed by atoms with E-state index < -0.39 is 11.4 Å². The Hall–Kier alpha value is -1.84. The van der Waals surface area contributed by atoms with Crippen molar-refractivity contribution in [2.24, 2.45) is 16.5 Å². The molecule has 0 bridgehead atoms. The van der Waals surface area contributed by atoms with Crippen LogP contribution in [0.2, 0.25) is 0 Å². The molecule has 0 atom stereocenters. The van der Waals surface area contributed by atoms with Crippen molar-refractivity contribution in [3.05, 3.63) is 35.9 Å². The van der Waals surface area contributed by atoms with E-state index in [9.17, 15) is 9.90 Å². The highest BCUT2D eigenvalue weighted by atomic mass is 16.6. The van der Waals surface area contributed by atoms with E-state index in [0.717, 1.165) is 24.8 Å². The van der Waals surface area contributed by atoms with E-state index in [0.29, 0.717) is 25.4 Å². The third-order valence-corrected chi connectivity index (χ3v) is 4.45. The van der Waals surface area contributed by atoms with Gasteiger partial charge < -0.3 is 9.94 Å². The lowest BCUT2D eigenvalue weighted by atomic mass is 9.70. The Morgan fingerprint density at radius 1 is 1.38 bits per heavy atom. The highest BCUT2D eigenvalue weighted by Crippen LogP contribution is 2.39. The summed E-state index contributed by atoms with van der Waals surface area (Å²) in [6.45, 7) is 2.53. The molecule has 0 saturated heterocycles. The molecule has 4 nitrogen and oxygen atoms in total. The van der Waals surface area contributed by atoms with Crippen LogP contribution in [0, 0.1) is 11.3 Å². The quantitative estimate of drug-likeness (QED) is 0.639. The zero-order valence-electron chi connectivity index (χ0n) is 12.5. The Balaban J connectivity index is 1.91. The Kier molecular flexibility index (Phi) is 5.37. The summed E-state index contributed by atoms with van der Waals surface area (Å²) < 4.78 is 0. The second kappa shape index (κ2) is 7.25. The lowest BCUT2D eigenvalue weighted by Gasteiger charge is -2.33. The molecule has 1 N–H and O–H groups in total. The molecule has 1 saturated carbocycles. The van der Waals surface area contributed by atoms with Crippen molar-refractivity contribution in [1.82, 2.24) is 0 Å². The first kappa shape index (κ1) is 15.5. The van der Waals surface area contributed by atoms with Gasteiger partial charge in [-0.1, -0.05) is 48.8 Å². The molecule has 0 radical (unpaired) electrons. The van der Waals surface area contributed by atoms with Gasteiger partial charge in [0.2, 0.25) is 0 Å². The third-order valence-electron chi connectivity index (χ3n) is 4.45. The summed E-state index contributed by atoms with van der Waals surface area (Å²) in [7, 11) is 0. The maximum Gasteiger partial charge on any atom is 0.315 e. The minimum Gasteiger partial charge on any atom is -0.481 e. The van der Waals surface area contributed by atoms with Crippen LogP contribution in [0.1, 0.15) is 44.6 Å². The lowest BCUT2D eigenvalue weighted by molar-refractivity contribution is -0.146. The van der Waals surface area contributed by atoms with E-state index in [1.54, 1.807) is 0 Å². The zero-order valence-corrected chi connectivity index (χ0v) is 12.5. The smallest absolute Gasteiger partial charge is 0.315 e. The summed E-state index contributed by atoms with van der Waals surface area (Å²) in [5.74, 6) is -0.139. The van der Waals surface area contributed by atoms with Gasteiger partial charge in [-0.05, 0) is 37.2 Å². The number of oxime groups is 1. The van der Waals surface area contributed by atoms with Gasteiger partial charge in [0.25, 0.3) is 0 Å². The van der Waals surface area contributed by atoms with E-state index in [1.165, 1.54) is 6.21 Å². The molecule has 2 rings (SSSR count). The monoisotopic (exact) mass is 289 g/mol. The molecule has 0 aliphatic heterocycles. The van der Waals surface area contributed by atoms with E-state index in [4.69, 9.17) is 4.84 Å². The number of aliphatic carboxylic acids is 1. The SMILES string of the molecule is CCC1CCC(C=NOCc2ccccc2)(C(=O)O)CC1. The van der Waals surface area contributed by atoms with Crippen molar-refractivity contribution >= 4 is 12.2 Å². The number of hydrogen-bond donors (Lipinski definition) is 1. The van der Waals surface area contributed by atoms with E-state index in [-0.39, 0.29) is 0 Å². The fraction of sp³-hybridized carbons (Fsp3) is 0.529. The van der Waals surface area contributed by atoms with Crippen LogP contribution in [0.25, 0.3) is 0 Å². The predicted molar refractivity (Wildman–Crippen MR) is 82.0 cm³/mol. The van der Waals surface area contributed by atoms with Crippen LogP contribution in [0.5, 0.6) is 0 Å². The number of hydrogen-bond acceptors (Lipinski definition) is 3. The fourth-order valence-electron chi connectivity index (χ4n) is 2.82. The average Bonchev–Trinajstić information content (AvgIpc) is 2.53. The summed E-state index contributed by atoms with van der Waals surface area (Å²) in [6, 6.07) is 9.72. The van der Waals surface area contributed by atoms with Crippen molar-refractivity contribution in [3.63, 3.8) is 0 Å². The second-order valence-corrected chi connectivity index (χ2v) is 5.81. The van der Waals surface area contributed by atoms with Crippen molar-refractivity contribution < 1.29 is 14.7 Å². The van der Waals surface area contributed by atoms with Crippen LogP contribution >= 0.6 is 0 Å². The number of carboxylic acid groups (broad SMARTS) is 1. The highest BCUT2D eigenvalue weighted by Gasteiger charge is 2.40. The summed E-state index contributed by atoms with van der Waals surface area (Å²) in [4.78, 5) is 16.8. The van der Waals surface area contributed by atoms with E-state index in [1.807, 2.05) is 30.3 Å². The van der Waals surface area contributed by atoms with Gasteiger partial charge in [0.15, 0.2) is 0 Å². The molecule has 1 aliphatic carbocycles. The maximum atomic E-state index is 11.6.